The van der Waals surface area contributed by atoms with E-state index in [1.165, 1.54) is 4.57 Å². The monoisotopic (exact) mass is 290 g/mol. The van der Waals surface area contributed by atoms with Gasteiger partial charge in [0.2, 0.25) is 5.28 Å². The minimum absolute atomic E-state index is 0.0753. The van der Waals surface area contributed by atoms with Crippen LogP contribution in [0.3, 0.4) is 0 Å². The highest BCUT2D eigenvalue weighted by molar-refractivity contribution is 6.29. The number of aromatic amines is 1. The largest absolute Gasteiger partial charge is 0.332 e. The molecule has 2 rings (SSSR count). The van der Waals surface area contributed by atoms with Gasteiger partial charge in [0.15, 0.2) is 11.2 Å². The van der Waals surface area contributed by atoms with Crippen molar-refractivity contribution in [1.29, 1.82) is 0 Å². The molecule has 0 aromatic carbocycles. The van der Waals surface area contributed by atoms with Crippen molar-refractivity contribution >= 4 is 34.4 Å². The minimum atomic E-state index is -0.425. The molecular weight excluding hydrogens is 279 g/mol. The lowest BCUT2D eigenvalue weighted by atomic mass is 10.4. The zero-order valence-electron chi connectivity index (χ0n) is 9.91. The molecule has 2 heterocycles. The third kappa shape index (κ3) is 2.06. The molecule has 0 spiro atoms. The Morgan fingerprint density at radius 3 is 2.61 bits per heavy atom. The zero-order valence-corrected chi connectivity index (χ0v) is 11.4. The van der Waals surface area contributed by atoms with E-state index in [0.717, 1.165) is 4.57 Å². The van der Waals surface area contributed by atoms with Crippen LogP contribution in [0.1, 0.15) is 13.8 Å². The van der Waals surface area contributed by atoms with Crippen LogP contribution in [0.25, 0.3) is 11.2 Å². The summed E-state index contributed by atoms with van der Waals surface area (Å²) in [6, 6.07) is 0. The molecule has 0 aliphatic carbocycles. The molecule has 2 aromatic rings. The van der Waals surface area contributed by atoms with Gasteiger partial charge >= 0.3 is 5.69 Å². The highest BCUT2D eigenvalue weighted by Crippen LogP contribution is 2.10. The van der Waals surface area contributed by atoms with Crippen molar-refractivity contribution in [3.05, 3.63) is 26.1 Å². The third-order valence-corrected chi connectivity index (χ3v) is 2.90. The molecule has 8 heteroatoms. The summed E-state index contributed by atoms with van der Waals surface area (Å²) in [7, 11) is 0. The van der Waals surface area contributed by atoms with Crippen LogP contribution in [-0.4, -0.2) is 24.5 Å². The van der Waals surface area contributed by atoms with E-state index in [9.17, 15) is 9.59 Å². The third-order valence-electron chi connectivity index (χ3n) is 2.58. The quantitative estimate of drug-likeness (QED) is 0.682. The number of halogens is 2. The molecule has 0 saturated heterocycles. The van der Waals surface area contributed by atoms with E-state index in [0.29, 0.717) is 0 Å². The second-order valence-electron chi connectivity index (χ2n) is 3.95. The SMILES string of the molecule is CCn1c(=O)c2[nH]c(Cl)nc2n(C[C@H](C)Cl)c1=O. The maximum atomic E-state index is 12.1. The number of fused-ring (bicyclic) bond motifs is 1. The molecule has 18 heavy (non-hydrogen) atoms. The maximum Gasteiger partial charge on any atom is 0.332 e. The molecule has 6 nitrogen and oxygen atoms in total. The predicted molar refractivity (Wildman–Crippen MR) is 70.6 cm³/mol. The Hall–Kier alpha value is -1.27. The number of nitrogens with one attached hydrogen (secondary N) is 1. The molecule has 0 unspecified atom stereocenters. The fourth-order valence-electron chi connectivity index (χ4n) is 1.83. The number of hydrogen-bond acceptors (Lipinski definition) is 3. The number of rotatable bonds is 3. The topological polar surface area (TPSA) is 72.7 Å². The molecule has 0 bridgehead atoms. The lowest BCUT2D eigenvalue weighted by molar-refractivity contribution is 0.583. The van der Waals surface area contributed by atoms with Crippen molar-refractivity contribution in [3.8, 4) is 0 Å². The number of alkyl halides is 1. The first-order valence-corrected chi connectivity index (χ1v) is 6.30. The molecular formula is C10H12Cl2N4O2. The van der Waals surface area contributed by atoms with E-state index < -0.39 is 11.2 Å². The summed E-state index contributed by atoms with van der Waals surface area (Å²) in [6.45, 7) is 4.02. The van der Waals surface area contributed by atoms with Crippen LogP contribution < -0.4 is 11.2 Å². The molecule has 1 atom stereocenters. The molecule has 0 saturated carbocycles. The predicted octanol–water partition coefficient (Wildman–Crippen LogP) is 1.19. The summed E-state index contributed by atoms with van der Waals surface area (Å²) in [4.78, 5) is 30.8. The summed E-state index contributed by atoms with van der Waals surface area (Å²) in [6.07, 6.45) is 0. The number of H-pyrrole nitrogens is 1. The minimum Gasteiger partial charge on any atom is -0.323 e. The van der Waals surface area contributed by atoms with Gasteiger partial charge in [-0.3, -0.25) is 13.9 Å². The lowest BCUT2D eigenvalue weighted by Gasteiger charge is -2.10. The number of hydrogen-bond donors (Lipinski definition) is 1. The van der Waals surface area contributed by atoms with Gasteiger partial charge in [-0.2, -0.15) is 4.98 Å². The summed E-state index contributed by atoms with van der Waals surface area (Å²) in [5.41, 5.74) is -0.382. The molecule has 98 valence electrons. The second kappa shape index (κ2) is 4.78. The Kier molecular flexibility index (Phi) is 3.49. The van der Waals surface area contributed by atoms with Gasteiger partial charge in [0.05, 0.1) is 0 Å². The number of aromatic nitrogens is 4. The van der Waals surface area contributed by atoms with Gasteiger partial charge in [-0.05, 0) is 25.4 Å². The molecule has 0 radical (unpaired) electrons. The van der Waals surface area contributed by atoms with E-state index in [1.807, 2.05) is 0 Å². The summed E-state index contributed by atoms with van der Waals surface area (Å²) in [5, 5.41) is -0.185. The van der Waals surface area contributed by atoms with Crippen molar-refractivity contribution in [2.24, 2.45) is 0 Å². The van der Waals surface area contributed by atoms with Crippen molar-refractivity contribution in [2.75, 3.05) is 0 Å². The van der Waals surface area contributed by atoms with E-state index in [-0.39, 0.29) is 34.9 Å². The van der Waals surface area contributed by atoms with Crippen LogP contribution >= 0.6 is 23.2 Å². The zero-order chi connectivity index (χ0) is 13.4. The van der Waals surface area contributed by atoms with Crippen molar-refractivity contribution in [3.63, 3.8) is 0 Å². The molecule has 0 aliphatic heterocycles. The van der Waals surface area contributed by atoms with Crippen molar-refractivity contribution in [1.82, 2.24) is 19.1 Å². The van der Waals surface area contributed by atoms with Crippen LogP contribution in [0.5, 0.6) is 0 Å². The standard InChI is InChI=1S/C10H12Cl2N4O2/c1-3-15-8(17)6-7(14-9(12)13-6)16(10(15)18)4-5(2)11/h5H,3-4H2,1-2H3,(H,13,14)/t5-/m0/s1. The fraction of sp³-hybridized carbons (Fsp3) is 0.500. The Balaban J connectivity index is 2.89. The van der Waals surface area contributed by atoms with Gasteiger partial charge in [-0.1, -0.05) is 0 Å². The Morgan fingerprint density at radius 2 is 2.06 bits per heavy atom. The maximum absolute atomic E-state index is 12.1. The van der Waals surface area contributed by atoms with Gasteiger partial charge in [0, 0.05) is 18.5 Å². The normalized spacial score (nSPS) is 13.1. The van der Waals surface area contributed by atoms with Gasteiger partial charge in [0.1, 0.15) is 0 Å². The Morgan fingerprint density at radius 1 is 1.39 bits per heavy atom. The fourth-order valence-corrected chi connectivity index (χ4v) is 2.15. The average Bonchev–Trinajstić information content (AvgIpc) is 2.67. The number of nitrogens with zero attached hydrogens (tertiary/aromatic N) is 3. The van der Waals surface area contributed by atoms with E-state index in [2.05, 4.69) is 9.97 Å². The average molecular weight is 291 g/mol. The van der Waals surface area contributed by atoms with E-state index >= 15 is 0 Å². The molecule has 1 N–H and O–H groups in total. The molecule has 0 fully saturated rings. The second-order valence-corrected chi connectivity index (χ2v) is 5.05. The number of imidazole rings is 1. The highest BCUT2D eigenvalue weighted by Gasteiger charge is 2.16. The summed E-state index contributed by atoms with van der Waals surface area (Å²) in [5.74, 6) is 0. The highest BCUT2D eigenvalue weighted by atomic mass is 35.5. The first-order valence-electron chi connectivity index (χ1n) is 5.48. The molecule has 0 amide bonds. The lowest BCUT2D eigenvalue weighted by Crippen LogP contribution is -2.40. The van der Waals surface area contributed by atoms with Crippen LogP contribution in [0.4, 0.5) is 0 Å². The van der Waals surface area contributed by atoms with Crippen LogP contribution in [0.2, 0.25) is 5.28 Å². The van der Waals surface area contributed by atoms with Crippen molar-refractivity contribution in [2.45, 2.75) is 32.3 Å². The smallest absolute Gasteiger partial charge is 0.323 e. The van der Waals surface area contributed by atoms with Gasteiger partial charge in [-0.15, -0.1) is 11.6 Å². The first-order chi connectivity index (χ1) is 8.45. The Bertz CT molecular complexity index is 698. The summed E-state index contributed by atoms with van der Waals surface area (Å²) < 4.78 is 2.48. The summed E-state index contributed by atoms with van der Waals surface area (Å²) >= 11 is 11.7. The van der Waals surface area contributed by atoms with Crippen molar-refractivity contribution < 1.29 is 0 Å². The Labute approximate surface area is 112 Å². The van der Waals surface area contributed by atoms with E-state index in [1.54, 1.807) is 13.8 Å². The first kappa shape index (κ1) is 13.2. The van der Waals surface area contributed by atoms with Gasteiger partial charge in [0.25, 0.3) is 5.56 Å². The molecule has 0 aliphatic rings. The van der Waals surface area contributed by atoms with E-state index in [4.69, 9.17) is 23.2 Å². The van der Waals surface area contributed by atoms with Crippen LogP contribution in [0.15, 0.2) is 9.59 Å². The molecule has 2 aromatic heterocycles. The van der Waals surface area contributed by atoms with Crippen LogP contribution in [-0.2, 0) is 13.1 Å². The van der Waals surface area contributed by atoms with Gasteiger partial charge < -0.3 is 4.98 Å². The van der Waals surface area contributed by atoms with Gasteiger partial charge in [-0.25, -0.2) is 4.79 Å². The van der Waals surface area contributed by atoms with Crippen LogP contribution in [0, 0.1) is 0 Å².